The van der Waals surface area contributed by atoms with Gasteiger partial charge in [0.15, 0.2) is 5.96 Å². The average Bonchev–Trinajstić information content (AvgIpc) is 2.84. The summed E-state index contributed by atoms with van der Waals surface area (Å²) in [7, 11) is 0. The molecule has 0 amide bonds. The summed E-state index contributed by atoms with van der Waals surface area (Å²) in [4.78, 5) is 12.3. The van der Waals surface area contributed by atoms with E-state index in [0.29, 0.717) is 12.6 Å². The number of halogens is 1. The van der Waals surface area contributed by atoms with Crippen molar-refractivity contribution >= 4 is 5.96 Å². The zero-order chi connectivity index (χ0) is 22.8. The van der Waals surface area contributed by atoms with E-state index in [9.17, 15) is 4.39 Å². The molecular formula is C24H41FN6O. The largest absolute Gasteiger partial charge is 0.379 e. The smallest absolute Gasteiger partial charge is 0.191 e. The molecule has 180 valence electrons. The van der Waals surface area contributed by atoms with Crippen molar-refractivity contribution in [2.45, 2.75) is 32.9 Å². The number of nitrogens with one attached hydrogen (secondary N) is 2. The maximum Gasteiger partial charge on any atom is 0.191 e. The van der Waals surface area contributed by atoms with Gasteiger partial charge in [0.2, 0.25) is 0 Å². The standard InChI is InChI=1S/C24H41FN6O/c1-4-26-24(27-18-20(3)30-12-10-29(5-2)11-13-30)28-19-23(31-14-16-32-17-15-31)21-6-8-22(25)9-7-21/h6-9,20,23H,4-5,10-19H2,1-3H3,(H2,26,27,28). The van der Waals surface area contributed by atoms with Crippen LogP contribution < -0.4 is 10.6 Å². The van der Waals surface area contributed by atoms with Crippen molar-refractivity contribution < 1.29 is 9.13 Å². The molecule has 1 aromatic carbocycles. The molecule has 3 rings (SSSR count). The maximum atomic E-state index is 13.5. The van der Waals surface area contributed by atoms with Crippen molar-refractivity contribution in [1.29, 1.82) is 0 Å². The highest BCUT2D eigenvalue weighted by molar-refractivity contribution is 5.79. The van der Waals surface area contributed by atoms with E-state index in [4.69, 9.17) is 9.73 Å². The second kappa shape index (κ2) is 13.1. The zero-order valence-electron chi connectivity index (χ0n) is 20.0. The Kier molecular flexibility index (Phi) is 10.2. The highest BCUT2D eigenvalue weighted by atomic mass is 19.1. The minimum absolute atomic E-state index is 0.142. The Hall–Kier alpha value is -1.74. The molecule has 0 saturated carbocycles. The quantitative estimate of drug-likeness (QED) is 0.444. The summed E-state index contributed by atoms with van der Waals surface area (Å²) in [6.45, 7) is 17.7. The molecule has 7 nitrogen and oxygen atoms in total. The van der Waals surface area contributed by atoms with E-state index in [-0.39, 0.29) is 11.9 Å². The van der Waals surface area contributed by atoms with E-state index in [2.05, 4.69) is 46.1 Å². The molecule has 2 fully saturated rings. The van der Waals surface area contributed by atoms with Crippen molar-refractivity contribution in [3.8, 4) is 0 Å². The lowest BCUT2D eigenvalue weighted by molar-refractivity contribution is 0.0170. The van der Waals surface area contributed by atoms with E-state index in [1.165, 1.54) is 0 Å². The van der Waals surface area contributed by atoms with Crippen LogP contribution in [0.4, 0.5) is 4.39 Å². The molecule has 32 heavy (non-hydrogen) atoms. The van der Waals surface area contributed by atoms with Gasteiger partial charge in [0.1, 0.15) is 5.82 Å². The van der Waals surface area contributed by atoms with E-state index >= 15 is 0 Å². The molecule has 2 aliphatic heterocycles. The van der Waals surface area contributed by atoms with Crippen LogP contribution in [0.15, 0.2) is 29.3 Å². The summed E-state index contributed by atoms with van der Waals surface area (Å²) < 4.78 is 19.0. The second-order valence-electron chi connectivity index (χ2n) is 8.64. The van der Waals surface area contributed by atoms with Crippen LogP contribution >= 0.6 is 0 Å². The van der Waals surface area contributed by atoms with Crippen LogP contribution in [0.5, 0.6) is 0 Å². The minimum atomic E-state index is -0.203. The summed E-state index contributed by atoms with van der Waals surface area (Å²) in [5.74, 6) is 0.637. The summed E-state index contributed by atoms with van der Waals surface area (Å²) in [5.41, 5.74) is 1.11. The van der Waals surface area contributed by atoms with Crippen molar-refractivity contribution in [2.24, 2.45) is 4.99 Å². The number of ether oxygens (including phenoxy) is 1. The zero-order valence-corrected chi connectivity index (χ0v) is 20.0. The Morgan fingerprint density at radius 1 is 1.00 bits per heavy atom. The number of aliphatic imine (C=N–C) groups is 1. The third kappa shape index (κ3) is 7.40. The monoisotopic (exact) mass is 448 g/mol. The number of nitrogens with zero attached hydrogens (tertiary/aromatic N) is 4. The van der Waals surface area contributed by atoms with E-state index in [0.717, 1.165) is 83.6 Å². The number of piperazine rings is 1. The first-order valence-electron chi connectivity index (χ1n) is 12.2. The van der Waals surface area contributed by atoms with Crippen LogP contribution in [0, 0.1) is 5.82 Å². The van der Waals surface area contributed by atoms with Crippen LogP contribution in [0.1, 0.15) is 32.4 Å². The van der Waals surface area contributed by atoms with Crippen molar-refractivity contribution in [3.05, 3.63) is 35.6 Å². The molecule has 0 bridgehead atoms. The van der Waals surface area contributed by atoms with Crippen LogP contribution in [-0.4, -0.2) is 105 Å². The molecule has 8 heteroatoms. The van der Waals surface area contributed by atoms with Crippen molar-refractivity contribution in [3.63, 3.8) is 0 Å². The summed E-state index contributed by atoms with van der Waals surface area (Å²) >= 11 is 0. The van der Waals surface area contributed by atoms with Gasteiger partial charge in [-0.05, 0) is 38.1 Å². The van der Waals surface area contributed by atoms with Gasteiger partial charge in [-0.1, -0.05) is 19.1 Å². The van der Waals surface area contributed by atoms with Gasteiger partial charge in [0.25, 0.3) is 0 Å². The lowest BCUT2D eigenvalue weighted by atomic mass is 10.0. The molecule has 2 unspecified atom stereocenters. The Bertz CT molecular complexity index is 686. The normalized spacial score (nSPS) is 21.3. The van der Waals surface area contributed by atoms with Gasteiger partial charge in [-0.15, -0.1) is 0 Å². The molecule has 0 aromatic heterocycles. The van der Waals surface area contributed by atoms with E-state index in [1.807, 2.05) is 12.1 Å². The Morgan fingerprint density at radius 3 is 2.31 bits per heavy atom. The number of benzene rings is 1. The minimum Gasteiger partial charge on any atom is -0.379 e. The molecule has 2 saturated heterocycles. The molecule has 1 aromatic rings. The topological polar surface area (TPSA) is 55.4 Å². The van der Waals surface area contributed by atoms with Gasteiger partial charge in [0.05, 0.1) is 25.8 Å². The summed E-state index contributed by atoms with van der Waals surface area (Å²) in [6, 6.07) is 7.42. The fraction of sp³-hybridized carbons (Fsp3) is 0.708. The number of likely N-dealkylation sites (N-methyl/N-ethyl adjacent to an activating group) is 1. The number of rotatable bonds is 9. The number of hydrogen-bond acceptors (Lipinski definition) is 5. The lowest BCUT2D eigenvalue weighted by Gasteiger charge is -2.37. The van der Waals surface area contributed by atoms with Gasteiger partial charge >= 0.3 is 0 Å². The van der Waals surface area contributed by atoms with Gasteiger partial charge in [-0.25, -0.2) is 4.39 Å². The van der Waals surface area contributed by atoms with E-state index < -0.39 is 0 Å². The molecule has 0 aliphatic carbocycles. The lowest BCUT2D eigenvalue weighted by Crippen LogP contribution is -2.50. The molecule has 2 N–H and O–H groups in total. The third-order valence-electron chi connectivity index (χ3n) is 6.54. The molecule has 0 spiro atoms. The molecular weight excluding hydrogens is 407 g/mol. The first-order chi connectivity index (χ1) is 15.6. The van der Waals surface area contributed by atoms with Crippen LogP contribution in [-0.2, 0) is 4.74 Å². The Labute approximate surface area is 193 Å². The van der Waals surface area contributed by atoms with Crippen LogP contribution in [0.3, 0.4) is 0 Å². The Balaban J connectivity index is 1.60. The van der Waals surface area contributed by atoms with Gasteiger partial charge < -0.3 is 20.3 Å². The fourth-order valence-corrected chi connectivity index (χ4v) is 4.43. The SMILES string of the molecule is CCNC(=NCC(C)N1CCN(CC)CC1)NCC(c1ccc(F)cc1)N1CCOCC1. The first kappa shape index (κ1) is 24.9. The highest BCUT2D eigenvalue weighted by Gasteiger charge is 2.23. The van der Waals surface area contributed by atoms with E-state index in [1.54, 1.807) is 12.1 Å². The predicted octanol–water partition coefficient (Wildman–Crippen LogP) is 1.78. The predicted molar refractivity (Wildman–Crippen MR) is 129 cm³/mol. The summed E-state index contributed by atoms with van der Waals surface area (Å²) in [6.07, 6.45) is 0. The van der Waals surface area contributed by atoms with Gasteiger partial charge in [0, 0.05) is 58.4 Å². The van der Waals surface area contributed by atoms with Crippen molar-refractivity contribution in [2.75, 3.05) is 78.7 Å². The first-order valence-corrected chi connectivity index (χ1v) is 12.2. The van der Waals surface area contributed by atoms with Crippen LogP contribution in [0.25, 0.3) is 0 Å². The molecule has 2 atom stereocenters. The third-order valence-corrected chi connectivity index (χ3v) is 6.54. The second-order valence-corrected chi connectivity index (χ2v) is 8.64. The summed E-state index contributed by atoms with van der Waals surface area (Å²) in [5, 5.41) is 6.93. The Morgan fingerprint density at radius 2 is 1.69 bits per heavy atom. The highest BCUT2D eigenvalue weighted by Crippen LogP contribution is 2.21. The number of hydrogen-bond donors (Lipinski definition) is 2. The molecule has 2 aliphatic rings. The molecule has 0 radical (unpaired) electrons. The van der Waals surface area contributed by atoms with Gasteiger partial charge in [-0.2, -0.15) is 0 Å². The number of guanidine groups is 1. The average molecular weight is 449 g/mol. The fourth-order valence-electron chi connectivity index (χ4n) is 4.43. The maximum absolute atomic E-state index is 13.5. The van der Waals surface area contributed by atoms with Crippen LogP contribution in [0.2, 0.25) is 0 Å². The van der Waals surface area contributed by atoms with Crippen molar-refractivity contribution in [1.82, 2.24) is 25.3 Å². The van der Waals surface area contributed by atoms with Gasteiger partial charge in [-0.3, -0.25) is 14.8 Å². The molecule has 2 heterocycles. The number of morpholine rings is 1.